The third kappa shape index (κ3) is 2.35. The Labute approximate surface area is 103 Å². The first-order valence-electron chi connectivity index (χ1n) is 3.94. The smallest absolute Gasteiger partial charge is 0.0901 e. The van der Waals surface area contributed by atoms with Gasteiger partial charge in [0.15, 0.2) is 0 Å². The summed E-state index contributed by atoms with van der Waals surface area (Å²) in [4.78, 5) is 4.38. The molecule has 2 rings (SSSR count). The first-order chi connectivity index (χ1) is 6.27. The average molecular weight is 290 g/mol. The number of rotatable bonds is 1. The molecule has 0 fully saturated rings. The quantitative estimate of drug-likeness (QED) is 0.756. The van der Waals surface area contributed by atoms with E-state index in [0.717, 1.165) is 21.3 Å². The highest BCUT2D eigenvalue weighted by Crippen LogP contribution is 2.27. The molecule has 1 aromatic heterocycles. The van der Waals surface area contributed by atoms with Gasteiger partial charge in [0.2, 0.25) is 0 Å². The number of benzene rings is 1. The minimum absolute atomic E-state index is 0. The van der Waals surface area contributed by atoms with Crippen molar-refractivity contribution in [3.8, 4) is 11.3 Å². The Morgan fingerprint density at radius 2 is 2.00 bits per heavy atom. The highest BCUT2D eigenvalue weighted by molar-refractivity contribution is 7.09. The summed E-state index contributed by atoms with van der Waals surface area (Å²) in [6.07, 6.45) is 0. The van der Waals surface area contributed by atoms with E-state index in [-0.39, 0.29) is 17.0 Å². The second-order valence-electron chi connectivity index (χ2n) is 2.73. The van der Waals surface area contributed by atoms with E-state index < -0.39 is 0 Å². The molecule has 0 atom stereocenters. The lowest BCUT2D eigenvalue weighted by atomic mass is 10.2. The SMILES string of the molecule is Cc1nc(-c2ccccc2Cl)cs1.[Br-]. The number of aryl methyl sites for hydroxylation is 1. The predicted octanol–water partition coefficient (Wildman–Crippen LogP) is 0.776. The number of hydrogen-bond acceptors (Lipinski definition) is 2. The van der Waals surface area contributed by atoms with Gasteiger partial charge < -0.3 is 17.0 Å². The Hall–Kier alpha value is -0.380. The van der Waals surface area contributed by atoms with E-state index in [1.165, 1.54) is 0 Å². The molecule has 0 unspecified atom stereocenters. The average Bonchev–Trinajstić information content (AvgIpc) is 2.53. The number of hydrogen-bond donors (Lipinski definition) is 0. The van der Waals surface area contributed by atoms with E-state index in [4.69, 9.17) is 11.6 Å². The van der Waals surface area contributed by atoms with Crippen LogP contribution in [-0.2, 0) is 0 Å². The first kappa shape index (κ1) is 11.7. The predicted molar refractivity (Wildman–Crippen MR) is 57.3 cm³/mol. The second kappa shape index (κ2) is 4.91. The fourth-order valence-corrected chi connectivity index (χ4v) is 2.00. The third-order valence-electron chi connectivity index (χ3n) is 1.77. The molecule has 0 aliphatic heterocycles. The summed E-state index contributed by atoms with van der Waals surface area (Å²) in [6.45, 7) is 1.99. The summed E-state index contributed by atoms with van der Waals surface area (Å²) in [5.74, 6) is 0. The molecule has 0 radical (unpaired) electrons. The fourth-order valence-electron chi connectivity index (χ4n) is 1.16. The zero-order valence-corrected chi connectivity index (χ0v) is 10.7. The minimum atomic E-state index is 0. The number of halogens is 2. The summed E-state index contributed by atoms with van der Waals surface area (Å²) in [6, 6.07) is 7.75. The van der Waals surface area contributed by atoms with Crippen molar-refractivity contribution in [3.63, 3.8) is 0 Å². The van der Waals surface area contributed by atoms with Gasteiger partial charge in [0.05, 0.1) is 10.7 Å². The Morgan fingerprint density at radius 3 is 2.57 bits per heavy atom. The summed E-state index contributed by atoms with van der Waals surface area (Å²) in [7, 11) is 0. The van der Waals surface area contributed by atoms with Gasteiger partial charge in [0, 0.05) is 16.0 Å². The van der Waals surface area contributed by atoms with Gasteiger partial charge in [-0.2, -0.15) is 0 Å². The molecule has 4 heteroatoms. The van der Waals surface area contributed by atoms with Gasteiger partial charge in [0.25, 0.3) is 0 Å². The van der Waals surface area contributed by atoms with Crippen LogP contribution in [0.4, 0.5) is 0 Å². The summed E-state index contributed by atoms with van der Waals surface area (Å²) < 4.78 is 0. The number of nitrogens with zero attached hydrogens (tertiary/aromatic N) is 1. The Kier molecular flexibility index (Phi) is 4.11. The van der Waals surface area contributed by atoms with E-state index in [1.807, 2.05) is 36.6 Å². The van der Waals surface area contributed by atoms with Gasteiger partial charge in [-0.3, -0.25) is 0 Å². The fraction of sp³-hybridized carbons (Fsp3) is 0.100. The Morgan fingerprint density at radius 1 is 1.29 bits per heavy atom. The molecular weight excluding hydrogens is 282 g/mol. The molecule has 0 aliphatic rings. The summed E-state index contributed by atoms with van der Waals surface area (Å²) >= 11 is 7.67. The Bertz CT molecular complexity index is 428. The lowest BCUT2D eigenvalue weighted by molar-refractivity contribution is -0.00000256. The van der Waals surface area contributed by atoms with Crippen LogP contribution in [0, 0.1) is 6.92 Å². The highest BCUT2D eigenvalue weighted by Gasteiger charge is 2.04. The van der Waals surface area contributed by atoms with E-state index in [2.05, 4.69) is 4.98 Å². The Balaban J connectivity index is 0.000000980. The normalized spacial score (nSPS) is 9.57. The zero-order chi connectivity index (χ0) is 9.26. The van der Waals surface area contributed by atoms with Crippen molar-refractivity contribution in [2.45, 2.75) is 6.92 Å². The van der Waals surface area contributed by atoms with Crippen LogP contribution >= 0.6 is 22.9 Å². The van der Waals surface area contributed by atoms with E-state index >= 15 is 0 Å². The second-order valence-corrected chi connectivity index (χ2v) is 4.20. The molecule has 1 aromatic carbocycles. The third-order valence-corrected chi connectivity index (χ3v) is 2.87. The monoisotopic (exact) mass is 288 g/mol. The van der Waals surface area contributed by atoms with Crippen LogP contribution in [-0.4, -0.2) is 4.98 Å². The van der Waals surface area contributed by atoms with Crippen LogP contribution in [0.1, 0.15) is 5.01 Å². The van der Waals surface area contributed by atoms with Crippen LogP contribution in [0.2, 0.25) is 5.02 Å². The van der Waals surface area contributed by atoms with Crippen LogP contribution in [0.5, 0.6) is 0 Å². The van der Waals surface area contributed by atoms with Gasteiger partial charge in [-0.25, -0.2) is 4.98 Å². The summed E-state index contributed by atoms with van der Waals surface area (Å²) in [5, 5.41) is 3.85. The van der Waals surface area contributed by atoms with E-state index in [0.29, 0.717) is 0 Å². The van der Waals surface area contributed by atoms with Crippen molar-refractivity contribution in [1.29, 1.82) is 0 Å². The maximum absolute atomic E-state index is 6.03. The van der Waals surface area contributed by atoms with Crippen LogP contribution in [0.3, 0.4) is 0 Å². The molecule has 1 heterocycles. The van der Waals surface area contributed by atoms with Crippen molar-refractivity contribution in [1.82, 2.24) is 4.98 Å². The van der Waals surface area contributed by atoms with Gasteiger partial charge in [-0.05, 0) is 13.0 Å². The molecule has 0 N–H and O–H groups in total. The van der Waals surface area contributed by atoms with Gasteiger partial charge in [-0.1, -0.05) is 29.8 Å². The summed E-state index contributed by atoms with van der Waals surface area (Å²) in [5.41, 5.74) is 1.97. The maximum atomic E-state index is 6.03. The highest BCUT2D eigenvalue weighted by atomic mass is 79.9. The molecule has 74 valence electrons. The lowest BCUT2D eigenvalue weighted by Gasteiger charge is -1.98. The zero-order valence-electron chi connectivity index (χ0n) is 7.50. The molecule has 2 aromatic rings. The molecule has 0 saturated carbocycles. The standard InChI is InChI=1S/C10H8ClNS.BrH/c1-7-12-10(6-13-7)8-4-2-3-5-9(8)11;/h2-6H,1H3;1H/p-1. The molecule has 1 nitrogen and oxygen atoms in total. The maximum Gasteiger partial charge on any atom is 0.0901 e. The van der Waals surface area contributed by atoms with Crippen molar-refractivity contribution in [2.24, 2.45) is 0 Å². The first-order valence-corrected chi connectivity index (χ1v) is 5.20. The van der Waals surface area contributed by atoms with Crippen molar-refractivity contribution in [2.75, 3.05) is 0 Å². The number of aromatic nitrogens is 1. The van der Waals surface area contributed by atoms with Crippen LogP contribution in [0.15, 0.2) is 29.6 Å². The van der Waals surface area contributed by atoms with Crippen molar-refractivity contribution >= 4 is 22.9 Å². The van der Waals surface area contributed by atoms with E-state index in [9.17, 15) is 0 Å². The van der Waals surface area contributed by atoms with Crippen LogP contribution < -0.4 is 17.0 Å². The topological polar surface area (TPSA) is 12.9 Å². The number of thiazole rings is 1. The van der Waals surface area contributed by atoms with Gasteiger partial charge >= 0.3 is 0 Å². The van der Waals surface area contributed by atoms with Crippen molar-refractivity contribution < 1.29 is 17.0 Å². The lowest BCUT2D eigenvalue weighted by Crippen LogP contribution is -3.00. The molecule has 0 amide bonds. The largest absolute Gasteiger partial charge is 1.00 e. The molecular formula is C10H8BrClNS-. The minimum Gasteiger partial charge on any atom is -1.00 e. The van der Waals surface area contributed by atoms with Gasteiger partial charge in [0.1, 0.15) is 0 Å². The van der Waals surface area contributed by atoms with Crippen molar-refractivity contribution in [3.05, 3.63) is 39.7 Å². The molecule has 0 saturated heterocycles. The van der Waals surface area contributed by atoms with Gasteiger partial charge in [-0.15, -0.1) is 11.3 Å². The molecule has 0 spiro atoms. The van der Waals surface area contributed by atoms with E-state index in [1.54, 1.807) is 11.3 Å². The van der Waals surface area contributed by atoms with Crippen LogP contribution in [0.25, 0.3) is 11.3 Å². The molecule has 14 heavy (non-hydrogen) atoms. The molecule has 0 aliphatic carbocycles. The molecule has 0 bridgehead atoms.